The fourth-order valence-corrected chi connectivity index (χ4v) is 1.70. The summed E-state index contributed by atoms with van der Waals surface area (Å²) in [5, 5.41) is 13.3. The van der Waals surface area contributed by atoms with Gasteiger partial charge in [0.05, 0.1) is 23.4 Å². The molecule has 0 aromatic heterocycles. The zero-order valence-electron chi connectivity index (χ0n) is 11.2. The first-order valence-corrected chi connectivity index (χ1v) is 6.00. The van der Waals surface area contributed by atoms with Crippen molar-refractivity contribution in [1.29, 1.82) is 0 Å². The average molecular weight is 287 g/mol. The number of nitrogens with zero attached hydrogens (tertiary/aromatic N) is 1. The Hall–Kier alpha value is -3.09. The van der Waals surface area contributed by atoms with Gasteiger partial charge in [-0.15, -0.1) is 0 Å². The number of rotatable bonds is 4. The average Bonchev–Trinajstić information content (AvgIpc) is 2.49. The maximum atomic E-state index is 12.1. The second kappa shape index (κ2) is 5.91. The molecule has 0 heterocycles. The first-order valence-electron chi connectivity index (χ1n) is 6.00. The van der Waals surface area contributed by atoms with E-state index in [0.29, 0.717) is 11.3 Å². The fourth-order valence-electron chi connectivity index (χ4n) is 1.70. The number of benzene rings is 2. The second-order valence-electron chi connectivity index (χ2n) is 4.21. The number of nitrogens with two attached hydrogens (primary N) is 1. The number of amides is 1. The van der Waals surface area contributed by atoms with Crippen LogP contribution in [0, 0.1) is 10.1 Å². The van der Waals surface area contributed by atoms with Crippen molar-refractivity contribution < 1.29 is 14.5 Å². The van der Waals surface area contributed by atoms with Gasteiger partial charge in [0.2, 0.25) is 0 Å². The number of anilines is 2. The van der Waals surface area contributed by atoms with Gasteiger partial charge in [-0.05, 0) is 30.3 Å². The van der Waals surface area contributed by atoms with Crippen LogP contribution >= 0.6 is 0 Å². The lowest BCUT2D eigenvalue weighted by Gasteiger charge is -2.08. The van der Waals surface area contributed by atoms with E-state index in [0.717, 1.165) is 0 Å². The van der Waals surface area contributed by atoms with Crippen molar-refractivity contribution in [3.8, 4) is 5.75 Å². The first-order chi connectivity index (χ1) is 10.0. The summed E-state index contributed by atoms with van der Waals surface area (Å²) < 4.78 is 5.00. The Labute approximate surface area is 120 Å². The number of nitrogen functional groups attached to an aromatic ring is 1. The molecule has 7 nitrogen and oxygen atoms in total. The lowest BCUT2D eigenvalue weighted by atomic mass is 10.2. The predicted octanol–water partition coefficient (Wildman–Crippen LogP) is 2.44. The molecule has 0 saturated heterocycles. The molecule has 2 rings (SSSR count). The lowest BCUT2D eigenvalue weighted by molar-refractivity contribution is -0.384. The van der Waals surface area contributed by atoms with Crippen LogP contribution in [0.25, 0.3) is 0 Å². The Bertz CT molecular complexity index is 683. The van der Waals surface area contributed by atoms with Crippen LogP contribution in [-0.2, 0) is 0 Å². The van der Waals surface area contributed by atoms with Crippen LogP contribution in [0.5, 0.6) is 5.75 Å². The Morgan fingerprint density at radius 1 is 1.24 bits per heavy atom. The van der Waals surface area contributed by atoms with Crippen LogP contribution in [0.4, 0.5) is 17.1 Å². The smallest absolute Gasteiger partial charge is 0.271 e. The molecule has 7 heteroatoms. The summed E-state index contributed by atoms with van der Waals surface area (Å²) in [6, 6.07) is 10.3. The molecule has 0 radical (unpaired) electrons. The maximum absolute atomic E-state index is 12.1. The molecular weight excluding hydrogens is 274 g/mol. The SMILES string of the molecule is COc1ccc(C(=O)Nc2cc([N+](=O)[O-])ccc2N)cc1. The summed E-state index contributed by atoms with van der Waals surface area (Å²) in [5.41, 5.74) is 6.40. The van der Waals surface area contributed by atoms with Gasteiger partial charge in [-0.2, -0.15) is 0 Å². The number of methoxy groups -OCH3 is 1. The minimum absolute atomic E-state index is 0.144. The van der Waals surface area contributed by atoms with Crippen molar-refractivity contribution >= 4 is 23.0 Å². The van der Waals surface area contributed by atoms with E-state index in [9.17, 15) is 14.9 Å². The number of nitrogens with one attached hydrogen (secondary N) is 1. The summed E-state index contributed by atoms with van der Waals surface area (Å²) in [4.78, 5) is 22.2. The highest BCUT2D eigenvalue weighted by atomic mass is 16.6. The molecule has 0 aliphatic rings. The van der Waals surface area contributed by atoms with Crippen molar-refractivity contribution in [1.82, 2.24) is 0 Å². The molecular formula is C14H13N3O4. The molecule has 108 valence electrons. The number of hydrogen-bond donors (Lipinski definition) is 2. The molecule has 3 N–H and O–H groups in total. The van der Waals surface area contributed by atoms with E-state index in [-0.39, 0.29) is 17.1 Å². The molecule has 0 bridgehead atoms. The van der Waals surface area contributed by atoms with Gasteiger partial charge in [-0.3, -0.25) is 14.9 Å². The highest BCUT2D eigenvalue weighted by Gasteiger charge is 2.12. The van der Waals surface area contributed by atoms with Crippen LogP contribution in [0.2, 0.25) is 0 Å². The molecule has 0 spiro atoms. The third-order valence-corrected chi connectivity index (χ3v) is 2.85. The highest BCUT2D eigenvalue weighted by molar-refractivity contribution is 6.06. The van der Waals surface area contributed by atoms with Crippen LogP contribution in [0.1, 0.15) is 10.4 Å². The minimum atomic E-state index is -0.553. The monoisotopic (exact) mass is 287 g/mol. The quantitative estimate of drug-likeness (QED) is 0.510. The summed E-state index contributed by atoms with van der Waals surface area (Å²) in [5.74, 6) is 0.214. The van der Waals surface area contributed by atoms with Gasteiger partial charge >= 0.3 is 0 Å². The van der Waals surface area contributed by atoms with Gasteiger partial charge in [0, 0.05) is 17.7 Å². The molecule has 0 atom stereocenters. The van der Waals surface area contributed by atoms with Gasteiger partial charge in [0.15, 0.2) is 0 Å². The molecule has 1 amide bonds. The van der Waals surface area contributed by atoms with E-state index in [1.165, 1.54) is 25.3 Å². The Morgan fingerprint density at radius 3 is 2.48 bits per heavy atom. The Balaban J connectivity index is 2.22. The summed E-state index contributed by atoms with van der Waals surface area (Å²) in [6.07, 6.45) is 0. The number of hydrogen-bond acceptors (Lipinski definition) is 5. The zero-order valence-corrected chi connectivity index (χ0v) is 11.2. The zero-order chi connectivity index (χ0) is 15.4. The molecule has 2 aromatic rings. The number of carbonyl (C=O) groups excluding carboxylic acids is 1. The second-order valence-corrected chi connectivity index (χ2v) is 4.21. The van der Waals surface area contributed by atoms with Crippen molar-refractivity contribution in [2.75, 3.05) is 18.2 Å². The van der Waals surface area contributed by atoms with E-state index in [4.69, 9.17) is 10.5 Å². The van der Waals surface area contributed by atoms with Crippen LogP contribution < -0.4 is 15.8 Å². The third-order valence-electron chi connectivity index (χ3n) is 2.85. The number of ether oxygens (including phenoxy) is 1. The standard InChI is InChI=1S/C14H13N3O4/c1-21-11-5-2-9(3-6-11)14(18)16-13-8-10(17(19)20)4-7-12(13)15/h2-8H,15H2,1H3,(H,16,18). The van der Waals surface area contributed by atoms with Crippen LogP contribution in [0.3, 0.4) is 0 Å². The lowest BCUT2D eigenvalue weighted by Crippen LogP contribution is -2.13. The number of nitro benzene ring substituents is 1. The Kier molecular flexibility index (Phi) is 4.03. The number of carbonyl (C=O) groups is 1. The molecule has 0 saturated carbocycles. The number of nitro groups is 1. The summed E-state index contributed by atoms with van der Waals surface area (Å²) in [7, 11) is 1.53. The molecule has 0 unspecified atom stereocenters. The molecule has 21 heavy (non-hydrogen) atoms. The molecule has 2 aromatic carbocycles. The topological polar surface area (TPSA) is 107 Å². The van der Waals surface area contributed by atoms with Crippen LogP contribution in [0.15, 0.2) is 42.5 Å². The Morgan fingerprint density at radius 2 is 1.90 bits per heavy atom. The maximum Gasteiger partial charge on any atom is 0.271 e. The molecule has 0 aliphatic carbocycles. The van der Waals surface area contributed by atoms with E-state index in [1.807, 2.05) is 0 Å². The van der Waals surface area contributed by atoms with Crippen molar-refractivity contribution in [2.24, 2.45) is 0 Å². The molecule has 0 fully saturated rings. The normalized spacial score (nSPS) is 9.95. The van der Waals surface area contributed by atoms with Gasteiger partial charge in [0.1, 0.15) is 5.75 Å². The molecule has 0 aliphatic heterocycles. The first kappa shape index (κ1) is 14.3. The summed E-state index contributed by atoms with van der Waals surface area (Å²) in [6.45, 7) is 0. The van der Waals surface area contributed by atoms with Gasteiger partial charge in [0.25, 0.3) is 11.6 Å². The number of non-ortho nitro benzene ring substituents is 1. The van der Waals surface area contributed by atoms with Crippen molar-refractivity contribution in [3.63, 3.8) is 0 Å². The van der Waals surface area contributed by atoms with E-state index in [1.54, 1.807) is 24.3 Å². The van der Waals surface area contributed by atoms with Gasteiger partial charge in [-0.1, -0.05) is 0 Å². The van der Waals surface area contributed by atoms with Gasteiger partial charge in [-0.25, -0.2) is 0 Å². The van der Waals surface area contributed by atoms with E-state index < -0.39 is 10.8 Å². The minimum Gasteiger partial charge on any atom is -0.497 e. The van der Waals surface area contributed by atoms with Crippen molar-refractivity contribution in [2.45, 2.75) is 0 Å². The third kappa shape index (κ3) is 3.27. The van der Waals surface area contributed by atoms with E-state index in [2.05, 4.69) is 5.32 Å². The van der Waals surface area contributed by atoms with Gasteiger partial charge < -0.3 is 15.8 Å². The fraction of sp³-hybridized carbons (Fsp3) is 0.0714. The highest BCUT2D eigenvalue weighted by Crippen LogP contribution is 2.25. The largest absolute Gasteiger partial charge is 0.497 e. The van der Waals surface area contributed by atoms with E-state index >= 15 is 0 Å². The van der Waals surface area contributed by atoms with Crippen LogP contribution in [-0.4, -0.2) is 17.9 Å². The van der Waals surface area contributed by atoms with Crippen molar-refractivity contribution in [3.05, 3.63) is 58.1 Å². The predicted molar refractivity (Wildman–Crippen MR) is 78.5 cm³/mol. The summed E-state index contributed by atoms with van der Waals surface area (Å²) >= 11 is 0.